The summed E-state index contributed by atoms with van der Waals surface area (Å²) in [4.78, 5) is 29.6. The highest BCUT2D eigenvalue weighted by Gasteiger charge is 2.20. The lowest BCUT2D eigenvalue weighted by Gasteiger charge is -2.15. The molecule has 2 rings (SSSR count). The van der Waals surface area contributed by atoms with E-state index in [-0.39, 0.29) is 18.3 Å². The summed E-state index contributed by atoms with van der Waals surface area (Å²) in [5, 5.41) is 2.40. The Labute approximate surface area is 128 Å². The van der Waals surface area contributed by atoms with Crippen molar-refractivity contribution in [3.8, 4) is 0 Å². The van der Waals surface area contributed by atoms with Gasteiger partial charge in [-0.2, -0.15) is 0 Å². The predicted molar refractivity (Wildman–Crippen MR) is 82.4 cm³/mol. The molecular weight excluding hydrogens is 288 g/mol. The first kappa shape index (κ1) is 15.7. The van der Waals surface area contributed by atoms with Gasteiger partial charge in [-0.15, -0.1) is 11.3 Å². The third kappa shape index (κ3) is 4.14. The zero-order valence-corrected chi connectivity index (χ0v) is 13.2. The molecule has 0 bridgehead atoms. The Morgan fingerprint density at radius 2 is 2.19 bits per heavy atom. The summed E-state index contributed by atoms with van der Waals surface area (Å²) in [6.07, 6.45) is 7.39. The lowest BCUT2D eigenvalue weighted by Crippen LogP contribution is -2.27. The maximum atomic E-state index is 12.5. The predicted octanol–water partition coefficient (Wildman–Crippen LogP) is 2.71. The van der Waals surface area contributed by atoms with Crippen LogP contribution in [0.15, 0.2) is 17.0 Å². The van der Waals surface area contributed by atoms with Crippen molar-refractivity contribution in [3.05, 3.63) is 22.7 Å². The quantitative estimate of drug-likeness (QED) is 0.802. The fourth-order valence-electron chi connectivity index (χ4n) is 2.26. The van der Waals surface area contributed by atoms with E-state index in [0.29, 0.717) is 10.8 Å². The molecule has 1 aromatic rings. The SMILES string of the molecule is COC(=O)Cc1csc(N(C)C(=O)C2=CCCCCC2)n1. The van der Waals surface area contributed by atoms with Crippen LogP contribution in [0.5, 0.6) is 0 Å². The molecule has 1 amide bonds. The third-order valence-electron chi connectivity index (χ3n) is 3.50. The van der Waals surface area contributed by atoms with Gasteiger partial charge in [0.25, 0.3) is 5.91 Å². The van der Waals surface area contributed by atoms with Crippen LogP contribution < -0.4 is 4.90 Å². The minimum atomic E-state index is -0.327. The number of likely N-dealkylation sites (N-methyl/N-ethyl adjacent to an activating group) is 1. The number of carbonyl (C=O) groups excluding carboxylic acids is 2. The monoisotopic (exact) mass is 308 g/mol. The molecule has 0 atom stereocenters. The molecule has 1 aliphatic rings. The van der Waals surface area contributed by atoms with Crippen molar-refractivity contribution in [3.63, 3.8) is 0 Å². The molecule has 0 fully saturated rings. The zero-order chi connectivity index (χ0) is 15.2. The molecule has 21 heavy (non-hydrogen) atoms. The molecule has 5 nitrogen and oxygen atoms in total. The molecule has 0 saturated carbocycles. The molecule has 1 aromatic heterocycles. The van der Waals surface area contributed by atoms with E-state index in [1.165, 1.54) is 24.9 Å². The number of ether oxygens (including phenoxy) is 1. The Hall–Kier alpha value is -1.69. The van der Waals surface area contributed by atoms with Crippen LogP contribution in [0.1, 0.15) is 37.8 Å². The van der Waals surface area contributed by atoms with Gasteiger partial charge in [-0.25, -0.2) is 4.98 Å². The highest BCUT2D eigenvalue weighted by atomic mass is 32.1. The Morgan fingerprint density at radius 1 is 1.38 bits per heavy atom. The summed E-state index contributed by atoms with van der Waals surface area (Å²) >= 11 is 1.37. The maximum Gasteiger partial charge on any atom is 0.311 e. The number of anilines is 1. The fourth-order valence-corrected chi connectivity index (χ4v) is 3.05. The van der Waals surface area contributed by atoms with E-state index in [4.69, 9.17) is 0 Å². The van der Waals surface area contributed by atoms with Gasteiger partial charge in [0.15, 0.2) is 5.13 Å². The van der Waals surface area contributed by atoms with Crippen LogP contribution >= 0.6 is 11.3 Å². The molecule has 0 spiro atoms. The van der Waals surface area contributed by atoms with Crippen LogP contribution in [-0.4, -0.2) is 31.0 Å². The summed E-state index contributed by atoms with van der Waals surface area (Å²) in [5.41, 5.74) is 1.51. The van der Waals surface area contributed by atoms with E-state index in [1.54, 1.807) is 17.3 Å². The van der Waals surface area contributed by atoms with Crippen molar-refractivity contribution in [2.24, 2.45) is 0 Å². The second-order valence-electron chi connectivity index (χ2n) is 5.07. The van der Waals surface area contributed by atoms with E-state index < -0.39 is 0 Å². The number of amides is 1. The third-order valence-corrected chi connectivity index (χ3v) is 4.47. The number of allylic oxidation sites excluding steroid dienone is 1. The van der Waals surface area contributed by atoms with Gasteiger partial charge < -0.3 is 4.74 Å². The Kier molecular flexibility index (Phi) is 5.50. The summed E-state index contributed by atoms with van der Waals surface area (Å²) in [7, 11) is 3.08. The summed E-state index contributed by atoms with van der Waals surface area (Å²) < 4.78 is 4.62. The number of nitrogens with zero attached hydrogens (tertiary/aromatic N) is 2. The van der Waals surface area contributed by atoms with Crippen LogP contribution in [0, 0.1) is 0 Å². The van der Waals surface area contributed by atoms with Crippen molar-refractivity contribution >= 4 is 28.3 Å². The van der Waals surface area contributed by atoms with Gasteiger partial charge in [0, 0.05) is 18.0 Å². The highest BCUT2D eigenvalue weighted by molar-refractivity contribution is 7.14. The second kappa shape index (κ2) is 7.36. The second-order valence-corrected chi connectivity index (χ2v) is 5.90. The van der Waals surface area contributed by atoms with Crippen LogP contribution in [0.3, 0.4) is 0 Å². The summed E-state index contributed by atoms with van der Waals surface area (Å²) in [6, 6.07) is 0. The molecular formula is C15H20N2O3S. The Balaban J connectivity index is 2.05. The topological polar surface area (TPSA) is 59.5 Å². The van der Waals surface area contributed by atoms with Crippen LogP contribution in [0.25, 0.3) is 0 Å². The normalized spacial score (nSPS) is 15.0. The lowest BCUT2D eigenvalue weighted by molar-refractivity contribution is -0.139. The number of thiazole rings is 1. The first-order valence-electron chi connectivity index (χ1n) is 7.10. The van der Waals surface area contributed by atoms with Gasteiger partial charge in [-0.1, -0.05) is 12.5 Å². The average molecular weight is 308 g/mol. The molecule has 0 aliphatic heterocycles. The Morgan fingerprint density at radius 3 is 2.95 bits per heavy atom. The van der Waals surface area contributed by atoms with Crippen molar-refractivity contribution in [1.29, 1.82) is 0 Å². The molecule has 0 radical (unpaired) electrons. The lowest BCUT2D eigenvalue weighted by atomic mass is 10.1. The van der Waals surface area contributed by atoms with Crippen LogP contribution in [-0.2, 0) is 20.7 Å². The first-order chi connectivity index (χ1) is 10.1. The van der Waals surface area contributed by atoms with E-state index in [9.17, 15) is 9.59 Å². The van der Waals surface area contributed by atoms with Gasteiger partial charge in [-0.3, -0.25) is 14.5 Å². The van der Waals surface area contributed by atoms with E-state index in [2.05, 4.69) is 15.8 Å². The molecule has 0 N–H and O–H groups in total. The van der Waals surface area contributed by atoms with E-state index in [0.717, 1.165) is 31.3 Å². The van der Waals surface area contributed by atoms with E-state index in [1.807, 2.05) is 0 Å². The van der Waals surface area contributed by atoms with Gasteiger partial charge in [0.05, 0.1) is 19.2 Å². The summed E-state index contributed by atoms with van der Waals surface area (Å²) in [5.74, 6) is -0.317. The van der Waals surface area contributed by atoms with Crippen molar-refractivity contribution in [1.82, 2.24) is 4.98 Å². The van der Waals surface area contributed by atoms with Crippen molar-refractivity contribution in [2.45, 2.75) is 38.5 Å². The number of esters is 1. The molecule has 0 saturated heterocycles. The summed E-state index contributed by atoms with van der Waals surface area (Å²) in [6.45, 7) is 0. The smallest absolute Gasteiger partial charge is 0.311 e. The minimum Gasteiger partial charge on any atom is -0.469 e. The molecule has 1 heterocycles. The molecule has 0 aromatic carbocycles. The van der Waals surface area contributed by atoms with Crippen LogP contribution in [0.4, 0.5) is 5.13 Å². The zero-order valence-electron chi connectivity index (χ0n) is 12.4. The number of hydrogen-bond acceptors (Lipinski definition) is 5. The average Bonchev–Trinajstić information content (AvgIpc) is 2.78. The minimum absolute atomic E-state index is 0.0101. The highest BCUT2D eigenvalue weighted by Crippen LogP contribution is 2.24. The molecule has 114 valence electrons. The molecule has 6 heteroatoms. The van der Waals surface area contributed by atoms with Crippen molar-refractivity contribution in [2.75, 3.05) is 19.1 Å². The molecule has 0 unspecified atom stereocenters. The van der Waals surface area contributed by atoms with Gasteiger partial charge in [0.2, 0.25) is 0 Å². The van der Waals surface area contributed by atoms with Crippen LogP contribution in [0.2, 0.25) is 0 Å². The van der Waals surface area contributed by atoms with Gasteiger partial charge >= 0.3 is 5.97 Å². The Bertz CT molecular complexity index is 551. The number of methoxy groups -OCH3 is 1. The number of carbonyl (C=O) groups is 2. The standard InChI is InChI=1S/C15H20N2O3S/c1-17(14(19)11-7-5-3-4-6-8-11)15-16-12(10-21-15)9-13(18)20-2/h7,10H,3-6,8-9H2,1-2H3. The number of hydrogen-bond donors (Lipinski definition) is 0. The maximum absolute atomic E-state index is 12.5. The first-order valence-corrected chi connectivity index (χ1v) is 7.98. The largest absolute Gasteiger partial charge is 0.469 e. The fraction of sp³-hybridized carbons (Fsp3) is 0.533. The number of rotatable bonds is 4. The molecule has 1 aliphatic carbocycles. The van der Waals surface area contributed by atoms with E-state index >= 15 is 0 Å². The van der Waals surface area contributed by atoms with Crippen molar-refractivity contribution < 1.29 is 14.3 Å². The number of aromatic nitrogens is 1. The van der Waals surface area contributed by atoms with Gasteiger partial charge in [0.1, 0.15) is 0 Å². The van der Waals surface area contributed by atoms with Gasteiger partial charge in [-0.05, 0) is 25.7 Å².